The zero-order valence-electron chi connectivity index (χ0n) is 8.31. The summed E-state index contributed by atoms with van der Waals surface area (Å²) in [5.74, 6) is 0.438. The number of aromatic hydroxyl groups is 1. The van der Waals surface area contributed by atoms with Gasteiger partial charge < -0.3 is 9.67 Å². The van der Waals surface area contributed by atoms with Crippen LogP contribution in [0.25, 0.3) is 0 Å². The van der Waals surface area contributed by atoms with E-state index in [9.17, 15) is 4.39 Å². The van der Waals surface area contributed by atoms with Gasteiger partial charge in [0.15, 0.2) is 0 Å². The lowest BCUT2D eigenvalue weighted by molar-refractivity contribution is 0.455. The van der Waals surface area contributed by atoms with Crippen molar-refractivity contribution in [3.63, 3.8) is 0 Å². The zero-order chi connectivity index (χ0) is 10.8. The number of imidazole rings is 1. The molecule has 0 atom stereocenters. The molecule has 78 valence electrons. The summed E-state index contributed by atoms with van der Waals surface area (Å²) >= 11 is 0. The molecular weight excluding hydrogens is 195 g/mol. The topological polar surface area (TPSA) is 38.0 Å². The first kappa shape index (κ1) is 9.71. The van der Waals surface area contributed by atoms with E-state index in [0.29, 0.717) is 12.2 Å². The van der Waals surface area contributed by atoms with Crippen molar-refractivity contribution in [2.45, 2.75) is 6.42 Å². The third kappa shape index (κ3) is 2.15. The molecule has 0 saturated carbocycles. The molecule has 3 nitrogen and oxygen atoms in total. The van der Waals surface area contributed by atoms with Crippen LogP contribution in [0.2, 0.25) is 0 Å². The van der Waals surface area contributed by atoms with E-state index in [4.69, 9.17) is 5.11 Å². The lowest BCUT2D eigenvalue weighted by Gasteiger charge is -2.01. The standard InChI is InChI=1S/C11H11FN2O/c1-14-7-11(15)13-10(14)6-8-3-2-4-9(12)5-8/h2-5,7,15H,6H2,1H3. The molecule has 0 bridgehead atoms. The lowest BCUT2D eigenvalue weighted by Crippen LogP contribution is -1.98. The molecule has 0 aliphatic heterocycles. The largest absolute Gasteiger partial charge is 0.492 e. The van der Waals surface area contributed by atoms with Gasteiger partial charge in [0.25, 0.3) is 0 Å². The fraction of sp³-hybridized carbons (Fsp3) is 0.182. The van der Waals surface area contributed by atoms with E-state index in [2.05, 4.69) is 4.98 Å². The summed E-state index contributed by atoms with van der Waals surface area (Å²) in [7, 11) is 1.79. The Labute approximate surface area is 86.8 Å². The van der Waals surface area contributed by atoms with Gasteiger partial charge in [0.05, 0.1) is 6.20 Å². The zero-order valence-corrected chi connectivity index (χ0v) is 8.31. The number of nitrogens with zero attached hydrogens (tertiary/aromatic N) is 2. The van der Waals surface area contributed by atoms with Crippen LogP contribution in [0.1, 0.15) is 11.4 Å². The number of aromatic nitrogens is 2. The van der Waals surface area contributed by atoms with Crippen LogP contribution in [0.5, 0.6) is 5.88 Å². The third-order valence-corrected chi connectivity index (χ3v) is 2.21. The number of aryl methyl sites for hydroxylation is 1. The summed E-state index contributed by atoms with van der Waals surface area (Å²) < 4.78 is 14.6. The van der Waals surface area contributed by atoms with Crippen LogP contribution in [0, 0.1) is 5.82 Å². The Morgan fingerprint density at radius 2 is 2.27 bits per heavy atom. The Balaban J connectivity index is 2.25. The Hall–Kier alpha value is -1.84. The van der Waals surface area contributed by atoms with E-state index in [1.807, 2.05) is 6.07 Å². The predicted octanol–water partition coefficient (Wildman–Crippen LogP) is 1.86. The fourth-order valence-corrected chi connectivity index (χ4v) is 1.48. The molecule has 4 heteroatoms. The number of hydrogen-bond donors (Lipinski definition) is 1. The summed E-state index contributed by atoms with van der Waals surface area (Å²) in [6.45, 7) is 0. The van der Waals surface area contributed by atoms with E-state index >= 15 is 0 Å². The van der Waals surface area contributed by atoms with Gasteiger partial charge in [-0.15, -0.1) is 0 Å². The van der Waals surface area contributed by atoms with E-state index < -0.39 is 0 Å². The second kappa shape index (κ2) is 3.73. The number of halogens is 1. The quantitative estimate of drug-likeness (QED) is 0.814. The second-order valence-electron chi connectivity index (χ2n) is 3.43. The van der Waals surface area contributed by atoms with Gasteiger partial charge in [-0.05, 0) is 17.7 Å². The van der Waals surface area contributed by atoms with Crippen molar-refractivity contribution in [2.24, 2.45) is 7.05 Å². The van der Waals surface area contributed by atoms with Crippen LogP contribution in [0.3, 0.4) is 0 Å². The second-order valence-corrected chi connectivity index (χ2v) is 3.43. The molecule has 1 aromatic heterocycles. The van der Waals surface area contributed by atoms with Crippen LogP contribution in [-0.4, -0.2) is 14.7 Å². The molecule has 1 N–H and O–H groups in total. The summed E-state index contributed by atoms with van der Waals surface area (Å²) in [6.07, 6.45) is 2.03. The summed E-state index contributed by atoms with van der Waals surface area (Å²) in [6, 6.07) is 6.35. The maximum atomic E-state index is 12.9. The average molecular weight is 206 g/mol. The van der Waals surface area contributed by atoms with E-state index in [0.717, 1.165) is 5.56 Å². The molecule has 0 radical (unpaired) electrons. The van der Waals surface area contributed by atoms with Crippen LogP contribution in [0.15, 0.2) is 30.5 Å². The molecule has 0 aliphatic carbocycles. The molecule has 1 aromatic carbocycles. The van der Waals surface area contributed by atoms with Crippen molar-refractivity contribution < 1.29 is 9.50 Å². The predicted molar refractivity (Wildman–Crippen MR) is 54.1 cm³/mol. The molecule has 2 rings (SSSR count). The van der Waals surface area contributed by atoms with Crippen molar-refractivity contribution in [3.8, 4) is 5.88 Å². The normalized spacial score (nSPS) is 10.5. The van der Waals surface area contributed by atoms with E-state index in [-0.39, 0.29) is 11.7 Å². The van der Waals surface area contributed by atoms with Gasteiger partial charge in [0.1, 0.15) is 11.6 Å². The van der Waals surface area contributed by atoms with Crippen LogP contribution in [0.4, 0.5) is 4.39 Å². The van der Waals surface area contributed by atoms with Gasteiger partial charge in [-0.2, -0.15) is 4.98 Å². The first-order valence-electron chi connectivity index (χ1n) is 4.61. The lowest BCUT2D eigenvalue weighted by atomic mass is 10.1. The first-order chi connectivity index (χ1) is 7.15. The van der Waals surface area contributed by atoms with Crippen molar-refractivity contribution in [1.82, 2.24) is 9.55 Å². The van der Waals surface area contributed by atoms with Gasteiger partial charge in [0, 0.05) is 13.5 Å². The molecular formula is C11H11FN2O. The SMILES string of the molecule is Cn1cc(O)nc1Cc1cccc(F)c1. The fourth-order valence-electron chi connectivity index (χ4n) is 1.48. The van der Waals surface area contributed by atoms with Gasteiger partial charge in [0.2, 0.25) is 5.88 Å². The highest BCUT2D eigenvalue weighted by Gasteiger charge is 2.05. The minimum atomic E-state index is -0.258. The summed E-state index contributed by atoms with van der Waals surface area (Å²) in [5, 5.41) is 9.16. The smallest absolute Gasteiger partial charge is 0.229 e. The Bertz CT molecular complexity index is 479. The van der Waals surface area contributed by atoms with E-state index in [1.165, 1.54) is 18.3 Å². The van der Waals surface area contributed by atoms with Crippen molar-refractivity contribution >= 4 is 0 Å². The number of hydrogen-bond acceptors (Lipinski definition) is 2. The summed E-state index contributed by atoms with van der Waals surface area (Å²) in [5.41, 5.74) is 0.837. The van der Waals surface area contributed by atoms with Crippen LogP contribution >= 0.6 is 0 Å². The third-order valence-electron chi connectivity index (χ3n) is 2.21. The molecule has 15 heavy (non-hydrogen) atoms. The molecule has 0 aliphatic rings. The minimum Gasteiger partial charge on any atom is -0.492 e. The molecule has 0 spiro atoms. The Morgan fingerprint density at radius 3 is 2.87 bits per heavy atom. The highest BCUT2D eigenvalue weighted by Crippen LogP contribution is 2.12. The van der Waals surface area contributed by atoms with Gasteiger partial charge in [-0.25, -0.2) is 4.39 Å². The Kier molecular flexibility index (Phi) is 2.41. The maximum Gasteiger partial charge on any atom is 0.229 e. The molecule has 0 unspecified atom stereocenters. The monoisotopic (exact) mass is 206 g/mol. The van der Waals surface area contributed by atoms with E-state index in [1.54, 1.807) is 17.7 Å². The first-order valence-corrected chi connectivity index (χ1v) is 4.61. The molecule has 0 saturated heterocycles. The molecule has 0 fully saturated rings. The average Bonchev–Trinajstić information content (AvgIpc) is 2.45. The molecule has 0 amide bonds. The van der Waals surface area contributed by atoms with Crippen molar-refractivity contribution in [2.75, 3.05) is 0 Å². The van der Waals surface area contributed by atoms with Crippen molar-refractivity contribution in [1.29, 1.82) is 0 Å². The van der Waals surface area contributed by atoms with Gasteiger partial charge >= 0.3 is 0 Å². The highest BCUT2D eigenvalue weighted by atomic mass is 19.1. The van der Waals surface area contributed by atoms with Crippen LogP contribution < -0.4 is 0 Å². The van der Waals surface area contributed by atoms with Gasteiger partial charge in [-0.1, -0.05) is 12.1 Å². The van der Waals surface area contributed by atoms with Crippen LogP contribution in [-0.2, 0) is 13.5 Å². The van der Waals surface area contributed by atoms with Gasteiger partial charge in [-0.3, -0.25) is 0 Å². The number of rotatable bonds is 2. The highest BCUT2D eigenvalue weighted by molar-refractivity contribution is 5.21. The maximum absolute atomic E-state index is 12.9. The molecule has 2 aromatic rings. The van der Waals surface area contributed by atoms with Crippen molar-refractivity contribution in [3.05, 3.63) is 47.7 Å². The summed E-state index contributed by atoms with van der Waals surface area (Å²) in [4.78, 5) is 3.93. The molecule has 1 heterocycles. The minimum absolute atomic E-state index is 0.0103. The Morgan fingerprint density at radius 1 is 1.47 bits per heavy atom. The number of benzene rings is 1.